The summed E-state index contributed by atoms with van der Waals surface area (Å²) in [6.45, 7) is 0. The number of benzene rings is 1. The highest BCUT2D eigenvalue weighted by Crippen LogP contribution is 2.48. The van der Waals surface area contributed by atoms with E-state index in [0.29, 0.717) is 5.56 Å². The highest BCUT2D eigenvalue weighted by atomic mass is 16.5. The summed E-state index contributed by atoms with van der Waals surface area (Å²) in [6.07, 6.45) is 0. The van der Waals surface area contributed by atoms with E-state index < -0.39 is 34.3 Å². The maximum absolute atomic E-state index is 12.5. The third-order valence-electron chi connectivity index (χ3n) is 4.22. The number of nitrogens with one attached hydrogen (secondary N) is 4. The number of H-pyrrole nitrogens is 4. The van der Waals surface area contributed by atoms with Gasteiger partial charge in [-0.15, -0.1) is 0 Å². The lowest BCUT2D eigenvalue weighted by atomic mass is 9.84. The summed E-state index contributed by atoms with van der Waals surface area (Å²) in [4.78, 5) is 56.5. The molecule has 3 aromatic rings. The lowest BCUT2D eigenvalue weighted by molar-refractivity contribution is 0.359. The minimum atomic E-state index is -1.14. The van der Waals surface area contributed by atoms with Crippen molar-refractivity contribution in [3.8, 4) is 23.3 Å². The van der Waals surface area contributed by atoms with E-state index >= 15 is 0 Å². The number of rotatable bonds is 2. The Morgan fingerprint density at radius 3 is 2.30 bits per heavy atom. The van der Waals surface area contributed by atoms with E-state index in [-0.39, 0.29) is 28.5 Å². The molecule has 1 unspecified atom stereocenters. The molecule has 0 fully saturated rings. The van der Waals surface area contributed by atoms with Crippen molar-refractivity contribution in [2.45, 2.75) is 5.92 Å². The zero-order valence-electron chi connectivity index (χ0n) is 13.7. The summed E-state index contributed by atoms with van der Waals surface area (Å²) in [7, 11) is 1.40. The number of para-hydroxylation sites is 1. The van der Waals surface area contributed by atoms with Crippen LogP contribution in [0.25, 0.3) is 0 Å². The second kappa shape index (κ2) is 5.76. The van der Waals surface area contributed by atoms with Crippen molar-refractivity contribution in [3.05, 3.63) is 76.6 Å². The predicted octanol–water partition coefficient (Wildman–Crippen LogP) is -0.560. The highest BCUT2D eigenvalue weighted by molar-refractivity contribution is 5.61. The van der Waals surface area contributed by atoms with Gasteiger partial charge < -0.3 is 14.6 Å². The molecule has 11 nitrogen and oxygen atoms in total. The number of methoxy groups -OCH3 is 1. The Labute approximate surface area is 148 Å². The molecule has 2 aromatic heterocycles. The number of hydrogen-bond donors (Lipinski definition) is 5. The molecule has 0 aliphatic carbocycles. The van der Waals surface area contributed by atoms with Crippen molar-refractivity contribution in [1.82, 2.24) is 19.9 Å². The van der Waals surface area contributed by atoms with Crippen molar-refractivity contribution in [1.29, 1.82) is 0 Å². The van der Waals surface area contributed by atoms with Crippen LogP contribution in [0.5, 0.6) is 23.3 Å². The van der Waals surface area contributed by atoms with Crippen molar-refractivity contribution in [2.75, 3.05) is 7.11 Å². The summed E-state index contributed by atoms with van der Waals surface area (Å²) in [5.74, 6) is -1.61. The first kappa shape index (κ1) is 16.4. The Hall–Kier alpha value is -4.02. The molecular formula is C16H12N4O7. The van der Waals surface area contributed by atoms with E-state index in [0.717, 1.165) is 0 Å². The van der Waals surface area contributed by atoms with Crippen molar-refractivity contribution < 1.29 is 14.6 Å². The van der Waals surface area contributed by atoms with Gasteiger partial charge in [-0.05, 0) is 6.07 Å². The second-order valence-corrected chi connectivity index (χ2v) is 5.74. The fourth-order valence-corrected chi connectivity index (χ4v) is 3.16. The Bertz CT molecular complexity index is 1270. The molecule has 1 aromatic carbocycles. The quantitative estimate of drug-likeness (QED) is 0.314. The van der Waals surface area contributed by atoms with E-state index in [9.17, 15) is 24.3 Å². The van der Waals surface area contributed by atoms with E-state index in [1.165, 1.54) is 7.11 Å². The fraction of sp³-hybridized carbons (Fsp3) is 0.125. The van der Waals surface area contributed by atoms with E-state index in [1.54, 1.807) is 18.2 Å². The van der Waals surface area contributed by atoms with Gasteiger partial charge in [0, 0.05) is 5.56 Å². The fourth-order valence-electron chi connectivity index (χ4n) is 3.16. The van der Waals surface area contributed by atoms with E-state index in [1.807, 2.05) is 4.98 Å². The van der Waals surface area contributed by atoms with Crippen molar-refractivity contribution in [2.24, 2.45) is 0 Å². The van der Waals surface area contributed by atoms with Gasteiger partial charge >= 0.3 is 11.4 Å². The molecule has 5 N–H and O–H groups in total. The number of aromatic amines is 4. The van der Waals surface area contributed by atoms with Gasteiger partial charge in [-0.25, -0.2) is 9.59 Å². The normalized spacial score (nSPS) is 14.8. The van der Waals surface area contributed by atoms with Gasteiger partial charge in [0.05, 0.1) is 24.2 Å². The molecule has 4 rings (SSSR count). The minimum absolute atomic E-state index is 0.108. The van der Waals surface area contributed by atoms with Gasteiger partial charge in [-0.2, -0.15) is 0 Å². The first-order valence-electron chi connectivity index (χ1n) is 7.67. The average molecular weight is 372 g/mol. The number of aromatic hydroxyl groups is 1. The van der Waals surface area contributed by atoms with Crippen molar-refractivity contribution >= 4 is 0 Å². The first-order chi connectivity index (χ1) is 12.9. The Balaban J connectivity index is 2.15. The van der Waals surface area contributed by atoms with Crippen LogP contribution < -0.4 is 32.0 Å². The van der Waals surface area contributed by atoms with Crippen molar-refractivity contribution in [3.63, 3.8) is 0 Å². The summed E-state index contributed by atoms with van der Waals surface area (Å²) in [6, 6.07) is 4.76. The Morgan fingerprint density at radius 1 is 0.963 bits per heavy atom. The number of hydrogen-bond acceptors (Lipinski definition) is 7. The topological polar surface area (TPSA) is 170 Å². The van der Waals surface area contributed by atoms with Gasteiger partial charge in [-0.3, -0.25) is 29.5 Å². The molecular weight excluding hydrogens is 360 g/mol. The third-order valence-corrected chi connectivity index (χ3v) is 4.22. The number of aromatic nitrogens is 4. The molecule has 0 radical (unpaired) electrons. The molecule has 0 spiro atoms. The van der Waals surface area contributed by atoms with E-state index in [4.69, 9.17) is 9.47 Å². The standard InChI is InChI=1S/C16H12N4O7/c1-26-6-4-2-3-5-7(8-11(21)17-15(24)18-12(8)22)9-13(23)19-16(25)20-14(9)27-10(5)6/h2-4,7H,1H3,(H2,19,20,23,25)(H3,17,18,21,22,24). The molecule has 1 atom stereocenters. The molecule has 0 amide bonds. The molecule has 11 heteroatoms. The summed E-state index contributed by atoms with van der Waals surface area (Å²) in [5, 5.41) is 10.2. The van der Waals surface area contributed by atoms with Gasteiger partial charge in [0.1, 0.15) is 0 Å². The van der Waals surface area contributed by atoms with Crippen LogP contribution in [0.4, 0.5) is 0 Å². The molecule has 1 aliphatic heterocycles. The largest absolute Gasteiger partial charge is 0.494 e. The molecule has 138 valence electrons. The summed E-state index contributed by atoms with van der Waals surface area (Å²) in [5.41, 5.74) is -3.49. The second-order valence-electron chi connectivity index (χ2n) is 5.74. The highest BCUT2D eigenvalue weighted by Gasteiger charge is 2.37. The zero-order valence-corrected chi connectivity index (χ0v) is 13.7. The molecule has 27 heavy (non-hydrogen) atoms. The van der Waals surface area contributed by atoms with Gasteiger partial charge in [0.2, 0.25) is 11.8 Å². The third kappa shape index (κ3) is 2.44. The van der Waals surface area contributed by atoms with Gasteiger partial charge in [0.25, 0.3) is 11.1 Å². The maximum Gasteiger partial charge on any atom is 0.328 e. The number of ether oxygens (including phenoxy) is 2. The lowest BCUT2D eigenvalue weighted by Gasteiger charge is -2.27. The Kier molecular flexibility index (Phi) is 3.51. The van der Waals surface area contributed by atoms with Crippen LogP contribution in [0.3, 0.4) is 0 Å². The van der Waals surface area contributed by atoms with Crippen LogP contribution in [0.2, 0.25) is 0 Å². The molecule has 0 saturated heterocycles. The van der Waals surface area contributed by atoms with Gasteiger partial charge in [0.15, 0.2) is 11.5 Å². The van der Waals surface area contributed by atoms with Gasteiger partial charge in [-0.1, -0.05) is 12.1 Å². The SMILES string of the molecule is COc1cccc2c1Oc1[nH]c(=O)[nH]c(=O)c1C2c1c(O)[nH]c(=O)[nH]c1=O. The minimum Gasteiger partial charge on any atom is -0.494 e. The van der Waals surface area contributed by atoms with Crippen LogP contribution in [0, 0.1) is 0 Å². The molecule has 0 saturated carbocycles. The summed E-state index contributed by atoms with van der Waals surface area (Å²) >= 11 is 0. The maximum atomic E-state index is 12.5. The Morgan fingerprint density at radius 2 is 1.63 bits per heavy atom. The lowest BCUT2D eigenvalue weighted by Crippen LogP contribution is -2.34. The molecule has 1 aliphatic rings. The molecule has 0 bridgehead atoms. The van der Waals surface area contributed by atoms with Crippen LogP contribution in [0.1, 0.15) is 22.6 Å². The predicted molar refractivity (Wildman–Crippen MR) is 91.0 cm³/mol. The average Bonchev–Trinajstić information content (AvgIpc) is 2.59. The number of fused-ring (bicyclic) bond motifs is 2. The molecule has 3 heterocycles. The summed E-state index contributed by atoms with van der Waals surface area (Å²) < 4.78 is 10.9. The van der Waals surface area contributed by atoms with Crippen LogP contribution in [-0.2, 0) is 0 Å². The smallest absolute Gasteiger partial charge is 0.328 e. The van der Waals surface area contributed by atoms with Crippen LogP contribution in [0.15, 0.2) is 37.4 Å². The monoisotopic (exact) mass is 372 g/mol. The van der Waals surface area contributed by atoms with E-state index in [2.05, 4.69) is 15.0 Å². The first-order valence-corrected chi connectivity index (χ1v) is 7.67. The van der Waals surface area contributed by atoms with Crippen LogP contribution in [-0.4, -0.2) is 32.2 Å². The zero-order chi connectivity index (χ0) is 19.3. The van der Waals surface area contributed by atoms with Crippen LogP contribution >= 0.6 is 0 Å².